The summed E-state index contributed by atoms with van der Waals surface area (Å²) in [5, 5.41) is 12.2. The van der Waals surface area contributed by atoms with Crippen LogP contribution in [0.2, 0.25) is 0 Å². The van der Waals surface area contributed by atoms with Crippen molar-refractivity contribution in [3.63, 3.8) is 0 Å². The Bertz CT molecular complexity index is 574. The van der Waals surface area contributed by atoms with E-state index in [2.05, 4.69) is 5.32 Å². The van der Waals surface area contributed by atoms with Gasteiger partial charge in [0.05, 0.1) is 12.8 Å². The monoisotopic (exact) mass is 258 g/mol. The highest BCUT2D eigenvalue weighted by Crippen LogP contribution is 2.29. The number of benzene rings is 2. The molecule has 0 spiro atoms. The standard InChI is InChI=1S/C14H14N2O3/c1-19-10-7-5-9(6-8-10)14(18)16-13-11(15)3-2-4-12(13)17/h2-8,17H,15H2,1H3,(H,16,18). The van der Waals surface area contributed by atoms with Gasteiger partial charge in [-0.2, -0.15) is 0 Å². The van der Waals surface area contributed by atoms with Gasteiger partial charge in [0, 0.05) is 5.56 Å². The summed E-state index contributed by atoms with van der Waals surface area (Å²) in [6.07, 6.45) is 0. The predicted octanol–water partition coefficient (Wildman–Crippen LogP) is 2.24. The van der Waals surface area contributed by atoms with Crippen LogP contribution in [0.4, 0.5) is 11.4 Å². The molecule has 0 saturated heterocycles. The fraction of sp³-hybridized carbons (Fsp3) is 0.0714. The lowest BCUT2D eigenvalue weighted by Gasteiger charge is -2.10. The molecule has 0 aliphatic carbocycles. The van der Waals surface area contributed by atoms with E-state index < -0.39 is 0 Å². The summed E-state index contributed by atoms with van der Waals surface area (Å²) in [4.78, 5) is 12.0. The molecule has 5 nitrogen and oxygen atoms in total. The van der Waals surface area contributed by atoms with E-state index in [9.17, 15) is 9.90 Å². The van der Waals surface area contributed by atoms with Gasteiger partial charge >= 0.3 is 0 Å². The Kier molecular flexibility index (Phi) is 3.56. The van der Waals surface area contributed by atoms with Crippen molar-refractivity contribution in [2.75, 3.05) is 18.2 Å². The molecule has 4 N–H and O–H groups in total. The number of methoxy groups -OCH3 is 1. The Morgan fingerprint density at radius 1 is 1.21 bits per heavy atom. The van der Waals surface area contributed by atoms with Crippen molar-refractivity contribution in [2.45, 2.75) is 0 Å². The number of amides is 1. The minimum Gasteiger partial charge on any atom is -0.506 e. The molecule has 0 saturated carbocycles. The molecule has 0 aliphatic rings. The van der Waals surface area contributed by atoms with Crippen LogP contribution >= 0.6 is 0 Å². The number of carbonyl (C=O) groups is 1. The summed E-state index contributed by atoms with van der Waals surface area (Å²) in [7, 11) is 1.55. The molecule has 98 valence electrons. The molecule has 0 heterocycles. The van der Waals surface area contributed by atoms with Crippen molar-refractivity contribution in [3.8, 4) is 11.5 Å². The van der Waals surface area contributed by atoms with Crippen molar-refractivity contribution in [2.24, 2.45) is 0 Å². The van der Waals surface area contributed by atoms with Crippen molar-refractivity contribution >= 4 is 17.3 Å². The highest BCUT2D eigenvalue weighted by molar-refractivity contribution is 6.06. The summed E-state index contributed by atoms with van der Waals surface area (Å²) in [5.41, 5.74) is 6.67. The molecule has 0 aliphatic heterocycles. The van der Waals surface area contributed by atoms with Gasteiger partial charge in [-0.3, -0.25) is 4.79 Å². The molecule has 2 aromatic carbocycles. The van der Waals surface area contributed by atoms with E-state index in [0.717, 1.165) is 0 Å². The summed E-state index contributed by atoms with van der Waals surface area (Å²) < 4.78 is 5.01. The second-order valence-electron chi connectivity index (χ2n) is 3.92. The van der Waals surface area contributed by atoms with Gasteiger partial charge in [-0.15, -0.1) is 0 Å². The topological polar surface area (TPSA) is 84.6 Å². The summed E-state index contributed by atoms with van der Waals surface area (Å²) in [6.45, 7) is 0. The Balaban J connectivity index is 2.20. The second-order valence-corrected chi connectivity index (χ2v) is 3.92. The highest BCUT2D eigenvalue weighted by Gasteiger charge is 2.11. The fourth-order valence-corrected chi connectivity index (χ4v) is 1.62. The molecule has 0 fully saturated rings. The van der Waals surface area contributed by atoms with E-state index in [-0.39, 0.29) is 17.3 Å². The fourth-order valence-electron chi connectivity index (χ4n) is 1.62. The molecule has 0 radical (unpaired) electrons. The molecule has 5 heteroatoms. The largest absolute Gasteiger partial charge is 0.506 e. The minimum absolute atomic E-state index is 0.0677. The van der Waals surface area contributed by atoms with Crippen LogP contribution in [0.15, 0.2) is 42.5 Å². The van der Waals surface area contributed by atoms with Gasteiger partial charge in [-0.25, -0.2) is 0 Å². The number of phenols is 1. The van der Waals surface area contributed by atoms with Crippen LogP contribution in [-0.2, 0) is 0 Å². The lowest BCUT2D eigenvalue weighted by Crippen LogP contribution is -2.13. The molecule has 0 bridgehead atoms. The van der Waals surface area contributed by atoms with Gasteiger partial charge in [-0.05, 0) is 36.4 Å². The van der Waals surface area contributed by atoms with E-state index in [1.807, 2.05) is 0 Å². The van der Waals surface area contributed by atoms with Gasteiger partial charge in [0.1, 0.15) is 17.2 Å². The van der Waals surface area contributed by atoms with Gasteiger partial charge < -0.3 is 20.9 Å². The predicted molar refractivity (Wildman–Crippen MR) is 73.5 cm³/mol. The lowest BCUT2D eigenvalue weighted by molar-refractivity contribution is 0.102. The van der Waals surface area contributed by atoms with Crippen molar-refractivity contribution in [1.29, 1.82) is 0 Å². The number of nitrogens with one attached hydrogen (secondary N) is 1. The molecule has 0 atom stereocenters. The van der Waals surface area contributed by atoms with Crippen molar-refractivity contribution < 1.29 is 14.6 Å². The third-order valence-corrected chi connectivity index (χ3v) is 2.67. The first-order valence-electron chi connectivity index (χ1n) is 5.64. The molecule has 19 heavy (non-hydrogen) atoms. The average Bonchev–Trinajstić information content (AvgIpc) is 2.43. The zero-order valence-corrected chi connectivity index (χ0v) is 10.4. The van der Waals surface area contributed by atoms with E-state index in [0.29, 0.717) is 17.0 Å². The summed E-state index contributed by atoms with van der Waals surface area (Å²) >= 11 is 0. The third kappa shape index (κ3) is 2.77. The van der Waals surface area contributed by atoms with E-state index >= 15 is 0 Å². The van der Waals surface area contributed by atoms with Crippen LogP contribution in [0.3, 0.4) is 0 Å². The van der Waals surface area contributed by atoms with E-state index in [1.54, 1.807) is 43.5 Å². The second kappa shape index (κ2) is 5.30. The summed E-state index contributed by atoms with van der Waals surface area (Å²) in [6, 6.07) is 11.3. The molecule has 2 aromatic rings. The molecule has 2 rings (SSSR count). The Morgan fingerprint density at radius 3 is 2.47 bits per heavy atom. The number of ether oxygens (including phenoxy) is 1. The number of phenolic OH excluding ortho intramolecular Hbond substituents is 1. The van der Waals surface area contributed by atoms with Crippen LogP contribution in [0.5, 0.6) is 11.5 Å². The number of hydrogen-bond acceptors (Lipinski definition) is 4. The van der Waals surface area contributed by atoms with E-state index in [1.165, 1.54) is 6.07 Å². The molecular formula is C14H14N2O3. The number of hydrogen-bond donors (Lipinski definition) is 3. The maximum absolute atomic E-state index is 12.0. The van der Waals surface area contributed by atoms with Crippen LogP contribution in [0.25, 0.3) is 0 Å². The average molecular weight is 258 g/mol. The number of anilines is 2. The van der Waals surface area contributed by atoms with Gasteiger partial charge in [0.25, 0.3) is 5.91 Å². The number of para-hydroxylation sites is 1. The quantitative estimate of drug-likeness (QED) is 0.582. The maximum atomic E-state index is 12.0. The molecular weight excluding hydrogens is 244 g/mol. The van der Waals surface area contributed by atoms with Gasteiger partial charge in [-0.1, -0.05) is 6.07 Å². The van der Waals surface area contributed by atoms with Crippen molar-refractivity contribution in [1.82, 2.24) is 0 Å². The Labute approximate surface area is 110 Å². The van der Waals surface area contributed by atoms with Crippen LogP contribution < -0.4 is 15.8 Å². The number of nitrogen functional groups attached to an aromatic ring is 1. The highest BCUT2D eigenvalue weighted by atomic mass is 16.5. The normalized spacial score (nSPS) is 9.95. The summed E-state index contributed by atoms with van der Waals surface area (Å²) in [5.74, 6) is 0.247. The molecule has 0 unspecified atom stereocenters. The zero-order chi connectivity index (χ0) is 13.8. The van der Waals surface area contributed by atoms with Gasteiger partial charge in [0.15, 0.2) is 0 Å². The number of aromatic hydroxyl groups is 1. The molecule has 0 aromatic heterocycles. The zero-order valence-electron chi connectivity index (χ0n) is 10.4. The maximum Gasteiger partial charge on any atom is 0.255 e. The van der Waals surface area contributed by atoms with E-state index in [4.69, 9.17) is 10.5 Å². The minimum atomic E-state index is -0.351. The SMILES string of the molecule is COc1ccc(C(=O)Nc2c(N)cccc2O)cc1. The first-order valence-corrected chi connectivity index (χ1v) is 5.64. The number of carbonyl (C=O) groups excluding carboxylic acids is 1. The lowest BCUT2D eigenvalue weighted by atomic mass is 10.2. The van der Waals surface area contributed by atoms with Crippen LogP contribution in [0.1, 0.15) is 10.4 Å². The van der Waals surface area contributed by atoms with Crippen LogP contribution in [0, 0.1) is 0 Å². The number of nitrogens with two attached hydrogens (primary N) is 1. The van der Waals surface area contributed by atoms with Gasteiger partial charge in [0.2, 0.25) is 0 Å². The Morgan fingerprint density at radius 2 is 1.89 bits per heavy atom. The number of rotatable bonds is 3. The van der Waals surface area contributed by atoms with Crippen LogP contribution in [-0.4, -0.2) is 18.1 Å². The first kappa shape index (κ1) is 12.8. The third-order valence-electron chi connectivity index (χ3n) is 2.67. The Hall–Kier alpha value is -2.69. The molecule has 1 amide bonds. The smallest absolute Gasteiger partial charge is 0.255 e. The first-order chi connectivity index (χ1) is 9.11. The van der Waals surface area contributed by atoms with Crippen molar-refractivity contribution in [3.05, 3.63) is 48.0 Å².